The third kappa shape index (κ3) is 4.03. The summed E-state index contributed by atoms with van der Waals surface area (Å²) in [5.74, 6) is 1.72. The lowest BCUT2D eigenvalue weighted by molar-refractivity contribution is 0.0774. The maximum atomic E-state index is 13.2. The van der Waals surface area contributed by atoms with Gasteiger partial charge < -0.3 is 29.0 Å². The van der Waals surface area contributed by atoms with E-state index in [1.165, 1.54) is 0 Å². The molecule has 0 radical (unpaired) electrons. The van der Waals surface area contributed by atoms with Gasteiger partial charge in [-0.3, -0.25) is 9.69 Å². The molecular formula is C25H26N2O7. The lowest BCUT2D eigenvalue weighted by Crippen LogP contribution is -2.48. The first-order valence-corrected chi connectivity index (χ1v) is 11.3. The maximum Gasteiger partial charge on any atom is 0.409 e. The van der Waals surface area contributed by atoms with Gasteiger partial charge in [0, 0.05) is 32.7 Å². The molecule has 0 spiro atoms. The summed E-state index contributed by atoms with van der Waals surface area (Å²) in [5, 5.41) is 10.7. The monoisotopic (exact) mass is 466 g/mol. The summed E-state index contributed by atoms with van der Waals surface area (Å²) < 4.78 is 21.9. The number of Topliss-reactive ketones (excluding diaryl/α,β-unsaturated/α-hetero) is 1. The van der Waals surface area contributed by atoms with Crippen molar-refractivity contribution >= 4 is 18.0 Å². The third-order valence-electron chi connectivity index (χ3n) is 6.20. The molecule has 0 aliphatic carbocycles. The number of hydrogen-bond acceptors (Lipinski definition) is 8. The Morgan fingerprint density at radius 1 is 1.15 bits per heavy atom. The third-order valence-corrected chi connectivity index (χ3v) is 6.20. The van der Waals surface area contributed by atoms with Crippen LogP contribution in [0, 0.1) is 6.92 Å². The van der Waals surface area contributed by atoms with Gasteiger partial charge in [-0.2, -0.15) is 0 Å². The molecule has 0 aromatic heterocycles. The summed E-state index contributed by atoms with van der Waals surface area (Å²) in [5.41, 5.74) is 2.43. The van der Waals surface area contributed by atoms with Crippen LogP contribution in [-0.4, -0.2) is 66.4 Å². The fraction of sp³-hybridized carbons (Fsp3) is 0.360. The molecule has 178 valence electrons. The standard InChI is InChI=1S/C25H26N2O7/c1-3-31-25(30)27-8-6-26(7-9-27)13-17-18(28)10-15(2)22-23(29)21(34-24(17)22)12-16-4-5-19-20(11-16)33-14-32-19/h4-5,10-12,28H,3,6-9,13-14H2,1-2H3/b21-12-. The van der Waals surface area contributed by atoms with Gasteiger partial charge in [-0.15, -0.1) is 0 Å². The Hall–Kier alpha value is -3.72. The zero-order valence-electron chi connectivity index (χ0n) is 19.1. The summed E-state index contributed by atoms with van der Waals surface area (Å²) in [6.45, 7) is 6.78. The molecule has 9 nitrogen and oxygen atoms in total. The number of phenols is 1. The molecule has 3 aliphatic rings. The number of piperazine rings is 1. The maximum absolute atomic E-state index is 13.2. The molecule has 3 aliphatic heterocycles. The Balaban J connectivity index is 1.37. The molecule has 1 N–H and O–H groups in total. The number of amides is 1. The van der Waals surface area contributed by atoms with E-state index >= 15 is 0 Å². The zero-order chi connectivity index (χ0) is 23.8. The van der Waals surface area contributed by atoms with Gasteiger partial charge in [0.15, 0.2) is 17.3 Å². The zero-order valence-corrected chi connectivity index (χ0v) is 19.1. The summed E-state index contributed by atoms with van der Waals surface area (Å²) >= 11 is 0. The van der Waals surface area contributed by atoms with Crippen LogP contribution in [0.2, 0.25) is 0 Å². The second-order valence-electron chi connectivity index (χ2n) is 8.41. The van der Waals surface area contributed by atoms with Gasteiger partial charge in [0.05, 0.1) is 17.7 Å². The number of carbonyl (C=O) groups is 2. The number of aromatic hydroxyl groups is 1. The smallest absolute Gasteiger partial charge is 0.409 e. The fourth-order valence-corrected chi connectivity index (χ4v) is 4.41. The molecule has 0 atom stereocenters. The molecular weight excluding hydrogens is 440 g/mol. The number of phenolic OH excluding ortho intramolecular Hbond substituents is 1. The van der Waals surface area contributed by atoms with E-state index in [1.807, 2.05) is 6.07 Å². The first kappa shape index (κ1) is 22.1. The van der Waals surface area contributed by atoms with Crippen LogP contribution in [0.4, 0.5) is 4.79 Å². The van der Waals surface area contributed by atoms with E-state index < -0.39 is 0 Å². The van der Waals surface area contributed by atoms with Crippen molar-refractivity contribution < 1.29 is 33.6 Å². The Kier molecular flexibility index (Phi) is 5.79. The van der Waals surface area contributed by atoms with E-state index in [0.717, 1.165) is 5.56 Å². The molecule has 1 fully saturated rings. The molecule has 0 bridgehead atoms. The SMILES string of the molecule is CCOC(=O)N1CCN(Cc2c(O)cc(C)c3c2O/C(=C\c2ccc4c(c2)OCO4)C3=O)CC1. The van der Waals surface area contributed by atoms with Crippen molar-refractivity contribution in [3.63, 3.8) is 0 Å². The van der Waals surface area contributed by atoms with E-state index in [9.17, 15) is 14.7 Å². The van der Waals surface area contributed by atoms with E-state index in [-0.39, 0.29) is 30.2 Å². The topological polar surface area (TPSA) is 97.8 Å². The Labute approximate surface area is 197 Å². The summed E-state index contributed by atoms with van der Waals surface area (Å²) in [4.78, 5) is 28.9. The van der Waals surface area contributed by atoms with Crippen LogP contribution in [0.3, 0.4) is 0 Å². The number of allylic oxidation sites excluding steroid dienone is 1. The average Bonchev–Trinajstić information content (AvgIpc) is 3.41. The first-order valence-electron chi connectivity index (χ1n) is 11.3. The van der Waals surface area contributed by atoms with Crippen molar-refractivity contribution in [2.24, 2.45) is 0 Å². The highest BCUT2D eigenvalue weighted by Gasteiger charge is 2.34. The van der Waals surface area contributed by atoms with Crippen molar-refractivity contribution in [1.29, 1.82) is 0 Å². The number of ether oxygens (including phenoxy) is 4. The van der Waals surface area contributed by atoms with Crippen LogP contribution >= 0.6 is 0 Å². The second kappa shape index (κ2) is 8.90. The minimum absolute atomic E-state index is 0.0844. The molecule has 5 rings (SSSR count). The van der Waals surface area contributed by atoms with Gasteiger partial charge >= 0.3 is 6.09 Å². The number of aryl methyl sites for hydroxylation is 1. The highest BCUT2D eigenvalue weighted by molar-refractivity contribution is 6.15. The molecule has 2 aromatic rings. The van der Waals surface area contributed by atoms with Gasteiger partial charge in [0.1, 0.15) is 11.5 Å². The molecule has 3 heterocycles. The minimum atomic E-state index is -0.312. The number of ketones is 1. The minimum Gasteiger partial charge on any atom is -0.507 e. The van der Waals surface area contributed by atoms with Crippen molar-refractivity contribution in [3.8, 4) is 23.0 Å². The Morgan fingerprint density at radius 2 is 1.91 bits per heavy atom. The van der Waals surface area contributed by atoms with Crippen molar-refractivity contribution in [1.82, 2.24) is 9.80 Å². The number of nitrogens with zero attached hydrogens (tertiary/aromatic N) is 2. The molecule has 1 saturated heterocycles. The van der Waals surface area contributed by atoms with Crippen LogP contribution in [0.15, 0.2) is 30.0 Å². The summed E-state index contributed by atoms with van der Waals surface area (Å²) in [7, 11) is 0. The molecule has 2 aromatic carbocycles. The lowest BCUT2D eigenvalue weighted by atomic mass is 9.99. The fourth-order valence-electron chi connectivity index (χ4n) is 4.41. The van der Waals surface area contributed by atoms with Crippen LogP contribution in [0.1, 0.15) is 34.0 Å². The normalized spacial score (nSPS) is 18.2. The largest absolute Gasteiger partial charge is 0.507 e. The predicted molar refractivity (Wildman–Crippen MR) is 122 cm³/mol. The molecule has 34 heavy (non-hydrogen) atoms. The Bertz CT molecular complexity index is 1180. The van der Waals surface area contributed by atoms with Crippen LogP contribution < -0.4 is 14.2 Å². The van der Waals surface area contributed by atoms with Gasteiger partial charge in [-0.05, 0) is 49.2 Å². The van der Waals surface area contributed by atoms with Gasteiger partial charge in [-0.25, -0.2) is 4.79 Å². The van der Waals surface area contributed by atoms with Crippen molar-refractivity contribution in [3.05, 3.63) is 52.3 Å². The summed E-state index contributed by atoms with van der Waals surface area (Å²) in [6.07, 6.45) is 1.36. The number of carbonyl (C=O) groups excluding carboxylic acids is 2. The number of fused-ring (bicyclic) bond motifs is 2. The van der Waals surface area contributed by atoms with Crippen molar-refractivity contribution in [2.45, 2.75) is 20.4 Å². The number of hydrogen-bond donors (Lipinski definition) is 1. The van der Waals surface area contributed by atoms with Crippen LogP contribution in [0.25, 0.3) is 6.08 Å². The van der Waals surface area contributed by atoms with Gasteiger partial charge in [0.25, 0.3) is 0 Å². The van der Waals surface area contributed by atoms with Crippen LogP contribution in [0.5, 0.6) is 23.0 Å². The highest BCUT2D eigenvalue weighted by Crippen LogP contribution is 2.43. The van der Waals surface area contributed by atoms with Gasteiger partial charge in [-0.1, -0.05) is 6.07 Å². The molecule has 0 saturated carbocycles. The van der Waals surface area contributed by atoms with Gasteiger partial charge in [0.2, 0.25) is 12.6 Å². The highest BCUT2D eigenvalue weighted by atomic mass is 16.7. The van der Waals surface area contributed by atoms with Crippen LogP contribution in [-0.2, 0) is 11.3 Å². The number of rotatable bonds is 4. The van der Waals surface area contributed by atoms with E-state index in [4.69, 9.17) is 18.9 Å². The average molecular weight is 466 g/mol. The first-order chi connectivity index (χ1) is 16.4. The lowest BCUT2D eigenvalue weighted by Gasteiger charge is -2.34. The molecule has 9 heteroatoms. The quantitative estimate of drug-likeness (QED) is 0.686. The number of benzene rings is 2. The van der Waals surface area contributed by atoms with E-state index in [1.54, 1.807) is 43.0 Å². The molecule has 0 unspecified atom stereocenters. The summed E-state index contributed by atoms with van der Waals surface area (Å²) in [6, 6.07) is 7.02. The van der Waals surface area contributed by atoms with E-state index in [0.29, 0.717) is 73.3 Å². The molecule has 1 amide bonds. The second-order valence-corrected chi connectivity index (χ2v) is 8.41. The van der Waals surface area contributed by atoms with E-state index in [2.05, 4.69) is 4.90 Å². The van der Waals surface area contributed by atoms with Crippen molar-refractivity contribution in [2.75, 3.05) is 39.6 Å². The predicted octanol–water partition coefficient (Wildman–Crippen LogP) is 3.32. The Morgan fingerprint density at radius 3 is 2.68 bits per heavy atom.